The smallest absolute Gasteiger partial charge is 0.0320 e. The SMILES string of the molecule is C=CCCC(NC)c1ccc2c(c1)CCC2. The van der Waals surface area contributed by atoms with Crippen LogP contribution in [-0.4, -0.2) is 7.05 Å². The molecule has 0 fully saturated rings. The zero-order valence-corrected chi connectivity index (χ0v) is 10.1. The first kappa shape index (κ1) is 11.4. The number of fused-ring (bicyclic) bond motifs is 1. The molecule has 0 radical (unpaired) electrons. The van der Waals surface area contributed by atoms with Crippen LogP contribution in [-0.2, 0) is 12.8 Å². The Balaban J connectivity index is 2.15. The fourth-order valence-electron chi connectivity index (χ4n) is 2.57. The molecule has 1 N–H and O–H groups in total. The molecule has 0 saturated carbocycles. The van der Waals surface area contributed by atoms with Gasteiger partial charge in [-0.15, -0.1) is 6.58 Å². The second kappa shape index (κ2) is 5.31. The van der Waals surface area contributed by atoms with E-state index in [0.717, 1.165) is 12.8 Å². The van der Waals surface area contributed by atoms with E-state index >= 15 is 0 Å². The molecule has 0 spiro atoms. The van der Waals surface area contributed by atoms with Crippen molar-refractivity contribution in [3.63, 3.8) is 0 Å². The molecule has 0 aromatic heterocycles. The van der Waals surface area contributed by atoms with Crippen LogP contribution in [0.5, 0.6) is 0 Å². The average Bonchev–Trinajstić information content (AvgIpc) is 2.77. The first-order chi connectivity index (χ1) is 7.85. The van der Waals surface area contributed by atoms with Crippen LogP contribution in [0.1, 0.15) is 42.0 Å². The van der Waals surface area contributed by atoms with Crippen molar-refractivity contribution in [3.05, 3.63) is 47.5 Å². The zero-order valence-electron chi connectivity index (χ0n) is 10.1. The van der Waals surface area contributed by atoms with Crippen LogP contribution in [0, 0.1) is 0 Å². The third-order valence-corrected chi connectivity index (χ3v) is 3.53. The fraction of sp³-hybridized carbons (Fsp3) is 0.467. The standard InChI is InChI=1S/C15H21N/c1-3-4-8-15(16-2)14-10-9-12-6-5-7-13(12)11-14/h3,9-11,15-16H,1,4-8H2,2H3. The molecule has 1 aromatic rings. The Labute approximate surface area is 98.6 Å². The molecule has 1 nitrogen and oxygen atoms in total. The molecule has 0 amide bonds. The first-order valence-corrected chi connectivity index (χ1v) is 6.25. The Morgan fingerprint density at radius 3 is 2.94 bits per heavy atom. The third kappa shape index (κ3) is 2.35. The van der Waals surface area contributed by atoms with Crippen molar-refractivity contribution in [1.82, 2.24) is 5.32 Å². The van der Waals surface area contributed by atoms with Gasteiger partial charge < -0.3 is 5.32 Å². The summed E-state index contributed by atoms with van der Waals surface area (Å²) in [4.78, 5) is 0. The quantitative estimate of drug-likeness (QED) is 0.742. The summed E-state index contributed by atoms with van der Waals surface area (Å²) in [5.41, 5.74) is 4.56. The molecule has 2 rings (SSSR count). The van der Waals surface area contributed by atoms with E-state index in [4.69, 9.17) is 0 Å². The first-order valence-electron chi connectivity index (χ1n) is 6.25. The van der Waals surface area contributed by atoms with E-state index in [9.17, 15) is 0 Å². The third-order valence-electron chi connectivity index (χ3n) is 3.53. The van der Waals surface area contributed by atoms with Crippen molar-refractivity contribution in [2.45, 2.75) is 38.1 Å². The minimum absolute atomic E-state index is 0.476. The van der Waals surface area contributed by atoms with Gasteiger partial charge in [0.15, 0.2) is 0 Å². The van der Waals surface area contributed by atoms with Gasteiger partial charge in [-0.2, -0.15) is 0 Å². The summed E-state index contributed by atoms with van der Waals surface area (Å²) in [6, 6.07) is 7.47. The van der Waals surface area contributed by atoms with Gasteiger partial charge in [-0.1, -0.05) is 24.3 Å². The van der Waals surface area contributed by atoms with E-state index in [-0.39, 0.29) is 0 Å². The largest absolute Gasteiger partial charge is 0.313 e. The molecular formula is C15H21N. The van der Waals surface area contributed by atoms with Gasteiger partial charge in [-0.3, -0.25) is 0 Å². The summed E-state index contributed by atoms with van der Waals surface area (Å²) in [6.07, 6.45) is 8.07. The highest BCUT2D eigenvalue weighted by Crippen LogP contribution is 2.26. The summed E-state index contributed by atoms with van der Waals surface area (Å²) in [6.45, 7) is 3.79. The highest BCUT2D eigenvalue weighted by atomic mass is 14.9. The fourth-order valence-corrected chi connectivity index (χ4v) is 2.57. The van der Waals surface area contributed by atoms with Crippen molar-refractivity contribution in [1.29, 1.82) is 0 Å². The highest BCUT2D eigenvalue weighted by molar-refractivity contribution is 5.36. The normalized spacial score (nSPS) is 15.8. The molecular weight excluding hydrogens is 194 g/mol. The molecule has 86 valence electrons. The number of aryl methyl sites for hydroxylation is 2. The van der Waals surface area contributed by atoms with Gasteiger partial charge in [0, 0.05) is 6.04 Å². The van der Waals surface area contributed by atoms with Crippen molar-refractivity contribution in [2.24, 2.45) is 0 Å². The molecule has 0 saturated heterocycles. The van der Waals surface area contributed by atoms with Gasteiger partial charge in [0.2, 0.25) is 0 Å². The molecule has 0 heterocycles. The zero-order chi connectivity index (χ0) is 11.4. The van der Waals surface area contributed by atoms with Crippen LogP contribution in [0.15, 0.2) is 30.9 Å². The minimum atomic E-state index is 0.476. The molecule has 1 aliphatic carbocycles. The van der Waals surface area contributed by atoms with E-state index in [1.54, 1.807) is 11.1 Å². The van der Waals surface area contributed by atoms with Crippen LogP contribution in [0.3, 0.4) is 0 Å². The maximum Gasteiger partial charge on any atom is 0.0320 e. The number of rotatable bonds is 5. The maximum absolute atomic E-state index is 3.79. The van der Waals surface area contributed by atoms with Gasteiger partial charge in [0.25, 0.3) is 0 Å². The van der Waals surface area contributed by atoms with Gasteiger partial charge in [-0.25, -0.2) is 0 Å². The van der Waals surface area contributed by atoms with Gasteiger partial charge in [0.05, 0.1) is 0 Å². The Bertz CT molecular complexity index is 368. The van der Waals surface area contributed by atoms with E-state index < -0.39 is 0 Å². The summed E-state index contributed by atoms with van der Waals surface area (Å²) in [7, 11) is 2.04. The lowest BCUT2D eigenvalue weighted by atomic mass is 9.98. The molecule has 1 unspecified atom stereocenters. The van der Waals surface area contributed by atoms with Crippen molar-refractivity contribution < 1.29 is 0 Å². The van der Waals surface area contributed by atoms with Gasteiger partial charge in [0.1, 0.15) is 0 Å². The number of hydrogen-bond acceptors (Lipinski definition) is 1. The lowest BCUT2D eigenvalue weighted by Gasteiger charge is -2.17. The second-order valence-corrected chi connectivity index (χ2v) is 4.59. The van der Waals surface area contributed by atoms with Crippen LogP contribution in [0.4, 0.5) is 0 Å². The Kier molecular flexibility index (Phi) is 3.79. The van der Waals surface area contributed by atoms with Crippen LogP contribution < -0.4 is 5.32 Å². The van der Waals surface area contributed by atoms with E-state index in [0.29, 0.717) is 6.04 Å². The van der Waals surface area contributed by atoms with E-state index in [1.807, 2.05) is 13.1 Å². The van der Waals surface area contributed by atoms with E-state index in [2.05, 4.69) is 30.1 Å². The lowest BCUT2D eigenvalue weighted by Crippen LogP contribution is -2.16. The maximum atomic E-state index is 3.79. The van der Waals surface area contributed by atoms with E-state index in [1.165, 1.54) is 24.8 Å². The average molecular weight is 215 g/mol. The predicted molar refractivity (Wildman–Crippen MR) is 69.7 cm³/mol. The number of benzene rings is 1. The number of hydrogen-bond donors (Lipinski definition) is 1. The van der Waals surface area contributed by atoms with Crippen LogP contribution >= 0.6 is 0 Å². The monoisotopic (exact) mass is 215 g/mol. The molecule has 0 aliphatic heterocycles. The van der Waals surface area contributed by atoms with Gasteiger partial charge >= 0.3 is 0 Å². The molecule has 1 aliphatic rings. The van der Waals surface area contributed by atoms with Gasteiger partial charge in [-0.05, 0) is 55.8 Å². The van der Waals surface area contributed by atoms with Crippen LogP contribution in [0.2, 0.25) is 0 Å². The number of allylic oxidation sites excluding steroid dienone is 1. The summed E-state index contributed by atoms with van der Waals surface area (Å²) in [5, 5.41) is 3.40. The molecule has 1 atom stereocenters. The molecule has 0 bridgehead atoms. The topological polar surface area (TPSA) is 12.0 Å². The highest BCUT2D eigenvalue weighted by Gasteiger charge is 2.14. The molecule has 16 heavy (non-hydrogen) atoms. The molecule has 1 heteroatoms. The summed E-state index contributed by atoms with van der Waals surface area (Å²) < 4.78 is 0. The van der Waals surface area contributed by atoms with Crippen molar-refractivity contribution in [2.75, 3.05) is 7.05 Å². The Morgan fingerprint density at radius 1 is 1.38 bits per heavy atom. The Morgan fingerprint density at radius 2 is 2.19 bits per heavy atom. The predicted octanol–water partition coefficient (Wildman–Crippen LogP) is 3.40. The lowest BCUT2D eigenvalue weighted by molar-refractivity contribution is 0.554. The number of nitrogens with one attached hydrogen (secondary N) is 1. The molecule has 1 aromatic carbocycles. The van der Waals surface area contributed by atoms with Crippen molar-refractivity contribution in [3.8, 4) is 0 Å². The Hall–Kier alpha value is -1.08. The summed E-state index contributed by atoms with van der Waals surface area (Å²) in [5.74, 6) is 0. The summed E-state index contributed by atoms with van der Waals surface area (Å²) >= 11 is 0. The minimum Gasteiger partial charge on any atom is -0.313 e. The van der Waals surface area contributed by atoms with Crippen molar-refractivity contribution >= 4 is 0 Å². The second-order valence-electron chi connectivity index (χ2n) is 4.59. The van der Waals surface area contributed by atoms with Crippen LogP contribution in [0.25, 0.3) is 0 Å².